The number of ether oxygens (including phenoxy) is 1. The minimum atomic E-state index is -0.244. The van der Waals surface area contributed by atoms with Gasteiger partial charge >= 0.3 is 0 Å². The van der Waals surface area contributed by atoms with Crippen molar-refractivity contribution in [1.29, 1.82) is 5.26 Å². The summed E-state index contributed by atoms with van der Waals surface area (Å²) in [4.78, 5) is 12.5. The van der Waals surface area contributed by atoms with Crippen LogP contribution in [-0.4, -0.2) is 18.1 Å². The van der Waals surface area contributed by atoms with Gasteiger partial charge in [-0.3, -0.25) is 4.79 Å². The summed E-state index contributed by atoms with van der Waals surface area (Å²) < 4.78 is 5.24. The third kappa shape index (κ3) is 5.81. The zero-order valence-electron chi connectivity index (χ0n) is 17.2. The molecule has 3 rings (SSSR count). The Balaban J connectivity index is 1.56. The van der Waals surface area contributed by atoms with Crippen molar-refractivity contribution in [3.63, 3.8) is 0 Å². The van der Waals surface area contributed by atoms with Crippen molar-refractivity contribution in [2.45, 2.75) is 13.0 Å². The molecule has 0 aliphatic heterocycles. The fraction of sp³-hybridized carbons (Fsp3) is 0.125. The fourth-order valence-corrected chi connectivity index (χ4v) is 3.26. The number of amides is 1. The van der Waals surface area contributed by atoms with Crippen molar-refractivity contribution in [3.05, 3.63) is 89.5 Å². The number of nitrogens with one attached hydrogen (secondary N) is 3. The minimum Gasteiger partial charge on any atom is -0.496 e. The van der Waals surface area contributed by atoms with E-state index in [2.05, 4.69) is 22.0 Å². The summed E-state index contributed by atoms with van der Waals surface area (Å²) in [5.41, 5.74) is 3.56. The van der Waals surface area contributed by atoms with E-state index < -0.39 is 0 Å². The van der Waals surface area contributed by atoms with Crippen molar-refractivity contribution >= 4 is 34.6 Å². The van der Waals surface area contributed by atoms with E-state index in [-0.39, 0.29) is 11.9 Å². The van der Waals surface area contributed by atoms with Gasteiger partial charge < -0.3 is 20.7 Å². The van der Waals surface area contributed by atoms with E-state index >= 15 is 0 Å². The van der Waals surface area contributed by atoms with E-state index in [1.807, 2.05) is 37.3 Å². The molecule has 0 bridgehead atoms. The number of hydrogen-bond acceptors (Lipinski definition) is 4. The van der Waals surface area contributed by atoms with Crippen LogP contribution in [0.25, 0.3) is 0 Å². The van der Waals surface area contributed by atoms with Gasteiger partial charge in [-0.1, -0.05) is 24.3 Å². The number of anilines is 2. The van der Waals surface area contributed by atoms with E-state index in [9.17, 15) is 4.79 Å². The topological polar surface area (TPSA) is 86.2 Å². The number of hydrogen-bond donors (Lipinski definition) is 3. The highest BCUT2D eigenvalue weighted by atomic mass is 32.1. The van der Waals surface area contributed by atoms with Gasteiger partial charge in [0.15, 0.2) is 5.11 Å². The fourth-order valence-electron chi connectivity index (χ4n) is 2.96. The average molecular weight is 431 g/mol. The average Bonchev–Trinajstić information content (AvgIpc) is 2.80. The Kier molecular flexibility index (Phi) is 7.20. The van der Waals surface area contributed by atoms with Crippen LogP contribution < -0.4 is 20.7 Å². The quantitative estimate of drug-likeness (QED) is 0.484. The number of benzene rings is 3. The van der Waals surface area contributed by atoms with Gasteiger partial charge in [0.2, 0.25) is 0 Å². The second kappa shape index (κ2) is 10.2. The van der Waals surface area contributed by atoms with Crippen molar-refractivity contribution in [2.24, 2.45) is 0 Å². The molecule has 0 radical (unpaired) electrons. The van der Waals surface area contributed by atoms with Crippen molar-refractivity contribution in [2.75, 3.05) is 17.7 Å². The molecule has 0 fully saturated rings. The molecule has 6 nitrogen and oxygen atoms in total. The molecular weight excluding hydrogens is 408 g/mol. The maximum absolute atomic E-state index is 12.5. The van der Waals surface area contributed by atoms with E-state index in [4.69, 9.17) is 22.2 Å². The van der Waals surface area contributed by atoms with Crippen LogP contribution in [0.15, 0.2) is 72.8 Å². The highest BCUT2D eigenvalue weighted by molar-refractivity contribution is 7.80. The van der Waals surface area contributed by atoms with Crippen LogP contribution >= 0.6 is 12.2 Å². The lowest BCUT2D eigenvalue weighted by atomic mass is 10.1. The lowest BCUT2D eigenvalue weighted by Gasteiger charge is -2.17. The Hall–Kier alpha value is -3.89. The van der Waals surface area contributed by atoms with Crippen molar-refractivity contribution in [1.82, 2.24) is 5.32 Å². The predicted octanol–water partition coefficient (Wildman–Crippen LogP) is 4.87. The molecular formula is C24H22N4O2S. The highest BCUT2D eigenvalue weighted by Gasteiger charge is 2.12. The maximum atomic E-state index is 12.5. The molecule has 3 aromatic rings. The number of carbonyl (C=O) groups is 1. The third-order valence-electron chi connectivity index (χ3n) is 4.64. The van der Waals surface area contributed by atoms with Crippen LogP contribution in [0.5, 0.6) is 5.75 Å². The molecule has 0 saturated carbocycles. The Bertz CT molecular complexity index is 1110. The summed E-state index contributed by atoms with van der Waals surface area (Å²) in [6, 6.07) is 23.8. The first-order chi connectivity index (χ1) is 15.0. The minimum absolute atomic E-state index is 0.0212. The van der Waals surface area contributed by atoms with E-state index in [1.54, 1.807) is 42.5 Å². The molecule has 31 heavy (non-hydrogen) atoms. The Labute approximate surface area is 186 Å². The Morgan fingerprint density at radius 2 is 1.58 bits per heavy atom. The van der Waals surface area contributed by atoms with E-state index in [0.29, 0.717) is 27.7 Å². The third-order valence-corrected chi connectivity index (χ3v) is 4.86. The largest absolute Gasteiger partial charge is 0.496 e. The summed E-state index contributed by atoms with van der Waals surface area (Å²) in [5, 5.41) is 18.6. The molecule has 0 heterocycles. The molecule has 0 aromatic heterocycles. The van der Waals surface area contributed by atoms with Gasteiger partial charge in [-0.05, 0) is 73.2 Å². The standard InChI is InChI=1S/C24H22N4O2S/c1-16(18-9-7-17(15-25)8-10-18)26-24(31)28-20-13-11-19(12-14-20)27-23(29)21-5-3-4-6-22(21)30-2/h3-14,16H,1-2H3,(H,27,29)(H2,26,28,31). The second-order valence-corrected chi connectivity index (χ2v) is 7.19. The molecule has 0 spiro atoms. The highest BCUT2D eigenvalue weighted by Crippen LogP contribution is 2.20. The molecule has 7 heteroatoms. The monoisotopic (exact) mass is 430 g/mol. The molecule has 0 saturated heterocycles. The van der Waals surface area contributed by atoms with Crippen molar-refractivity contribution in [3.8, 4) is 11.8 Å². The van der Waals surface area contributed by atoms with Crippen LogP contribution in [-0.2, 0) is 0 Å². The maximum Gasteiger partial charge on any atom is 0.259 e. The number of thiocarbonyl (C=S) groups is 1. The first kappa shape index (κ1) is 21.8. The first-order valence-corrected chi connectivity index (χ1v) is 10.0. The van der Waals surface area contributed by atoms with Crippen molar-refractivity contribution < 1.29 is 9.53 Å². The molecule has 0 aliphatic rings. The van der Waals surface area contributed by atoms with Gasteiger partial charge in [-0.2, -0.15) is 5.26 Å². The second-order valence-electron chi connectivity index (χ2n) is 6.79. The number of nitriles is 1. The number of nitrogens with zero attached hydrogens (tertiary/aromatic N) is 1. The summed E-state index contributed by atoms with van der Waals surface area (Å²) in [6.07, 6.45) is 0. The number of methoxy groups -OCH3 is 1. The number of rotatable bonds is 6. The predicted molar refractivity (Wildman–Crippen MR) is 126 cm³/mol. The number of para-hydroxylation sites is 1. The van der Waals surface area contributed by atoms with Crippen LogP contribution in [0.1, 0.15) is 34.5 Å². The number of carbonyl (C=O) groups excluding carboxylic acids is 1. The molecule has 1 atom stereocenters. The Morgan fingerprint density at radius 1 is 0.968 bits per heavy atom. The normalized spacial score (nSPS) is 11.0. The molecule has 3 N–H and O–H groups in total. The summed E-state index contributed by atoms with van der Waals surface area (Å²) in [6.45, 7) is 1.99. The van der Waals surface area contributed by atoms with Gasteiger partial charge in [0.25, 0.3) is 5.91 Å². The van der Waals surface area contributed by atoms with Gasteiger partial charge in [-0.15, -0.1) is 0 Å². The molecule has 3 aromatic carbocycles. The summed E-state index contributed by atoms with van der Waals surface area (Å²) in [7, 11) is 1.53. The van der Waals surface area contributed by atoms with E-state index in [0.717, 1.165) is 11.3 Å². The van der Waals surface area contributed by atoms with Crippen LogP contribution in [0.3, 0.4) is 0 Å². The van der Waals surface area contributed by atoms with Crippen LogP contribution in [0, 0.1) is 11.3 Å². The lowest BCUT2D eigenvalue weighted by Crippen LogP contribution is -2.30. The van der Waals surface area contributed by atoms with E-state index in [1.165, 1.54) is 7.11 Å². The van der Waals surface area contributed by atoms with Crippen LogP contribution in [0.4, 0.5) is 11.4 Å². The molecule has 156 valence electrons. The molecule has 0 aliphatic carbocycles. The lowest BCUT2D eigenvalue weighted by molar-refractivity contribution is 0.102. The zero-order valence-corrected chi connectivity index (χ0v) is 18.0. The molecule has 1 unspecified atom stereocenters. The van der Waals surface area contributed by atoms with Gasteiger partial charge in [0.05, 0.1) is 30.3 Å². The summed E-state index contributed by atoms with van der Waals surface area (Å²) in [5.74, 6) is 0.276. The smallest absolute Gasteiger partial charge is 0.259 e. The summed E-state index contributed by atoms with van der Waals surface area (Å²) >= 11 is 5.40. The van der Waals surface area contributed by atoms with Gasteiger partial charge in [-0.25, -0.2) is 0 Å². The van der Waals surface area contributed by atoms with Gasteiger partial charge in [0, 0.05) is 11.4 Å². The van der Waals surface area contributed by atoms with Crippen LogP contribution in [0.2, 0.25) is 0 Å². The Morgan fingerprint density at radius 3 is 2.19 bits per heavy atom. The molecule has 1 amide bonds. The first-order valence-electron chi connectivity index (χ1n) is 9.62. The SMILES string of the molecule is COc1ccccc1C(=O)Nc1ccc(NC(=S)NC(C)c2ccc(C#N)cc2)cc1. The van der Waals surface area contributed by atoms with Gasteiger partial charge in [0.1, 0.15) is 5.75 Å². The zero-order chi connectivity index (χ0) is 22.2.